The molecule has 0 atom stereocenters. The zero-order chi connectivity index (χ0) is 33.0. The van der Waals surface area contributed by atoms with Crippen molar-refractivity contribution in [3.8, 4) is 33.6 Å². The molecule has 1 heterocycles. The average Bonchev–Trinajstić information content (AvgIpc) is 3.63. The van der Waals surface area contributed by atoms with Crippen LogP contribution in [0.5, 0.6) is 0 Å². The van der Waals surface area contributed by atoms with Gasteiger partial charge in [-0.05, 0) is 61.9 Å². The highest BCUT2D eigenvalue weighted by molar-refractivity contribution is 7.85. The molecule has 0 saturated carbocycles. The van der Waals surface area contributed by atoms with Crippen molar-refractivity contribution in [3.05, 3.63) is 186 Å². The molecule has 7 rings (SSSR count). The van der Waals surface area contributed by atoms with E-state index in [1.807, 2.05) is 103 Å². The summed E-state index contributed by atoms with van der Waals surface area (Å²) in [6.45, 7) is -0.0353. The highest BCUT2D eigenvalue weighted by Gasteiger charge is 2.41. The van der Waals surface area contributed by atoms with Gasteiger partial charge in [-0.25, -0.2) is 0 Å². The van der Waals surface area contributed by atoms with Crippen molar-refractivity contribution in [2.45, 2.75) is 12.1 Å². The SMILES string of the molecule is CS(=O)(=O)OCc1ccc(-c2cc(-c3ccccc3)ccc2-c2nnn(C(c3ccccc3)(c3ccccc3)c3ccccc3)n2)cc1. The highest BCUT2D eigenvalue weighted by atomic mass is 32.2. The van der Waals surface area contributed by atoms with Gasteiger partial charge in [0.25, 0.3) is 10.1 Å². The predicted octanol–water partition coefficient (Wildman–Crippen LogP) is 7.99. The number of hydrogen-bond donors (Lipinski definition) is 0. The van der Waals surface area contributed by atoms with Crippen LogP contribution in [0.25, 0.3) is 33.6 Å². The van der Waals surface area contributed by atoms with Gasteiger partial charge in [0.2, 0.25) is 5.82 Å². The summed E-state index contributed by atoms with van der Waals surface area (Å²) in [5, 5.41) is 14.6. The van der Waals surface area contributed by atoms with Crippen molar-refractivity contribution < 1.29 is 12.6 Å². The van der Waals surface area contributed by atoms with Gasteiger partial charge in [-0.3, -0.25) is 4.18 Å². The molecule has 0 spiro atoms. The number of hydrogen-bond acceptors (Lipinski definition) is 6. The fraction of sp³-hybridized carbons (Fsp3) is 0.0750. The fourth-order valence-corrected chi connectivity index (χ4v) is 6.44. The zero-order valence-electron chi connectivity index (χ0n) is 26.2. The molecule has 0 amide bonds. The highest BCUT2D eigenvalue weighted by Crippen LogP contribution is 2.41. The fourth-order valence-electron chi connectivity index (χ4n) is 6.09. The van der Waals surface area contributed by atoms with Crippen molar-refractivity contribution in [1.29, 1.82) is 0 Å². The maximum atomic E-state index is 11.6. The van der Waals surface area contributed by atoms with E-state index in [0.29, 0.717) is 5.82 Å². The standard InChI is InChI=1S/C40H32N4O3S/c1-48(45,46)47-29-30-22-24-32(25-23-30)38-28-33(31-14-6-2-7-15-31)26-27-37(38)39-41-43-44(42-39)40(34-16-8-3-9-17-34,35-18-10-4-11-19-35)36-20-12-5-13-21-36/h2-28H,29H2,1H3. The number of nitrogens with zero attached hydrogens (tertiary/aromatic N) is 4. The first-order chi connectivity index (χ1) is 23.4. The van der Waals surface area contributed by atoms with Crippen LogP contribution in [0.3, 0.4) is 0 Å². The lowest BCUT2D eigenvalue weighted by Crippen LogP contribution is -2.39. The van der Waals surface area contributed by atoms with Crippen LogP contribution >= 0.6 is 0 Å². The maximum Gasteiger partial charge on any atom is 0.264 e. The minimum absolute atomic E-state index is 0.0353. The molecule has 48 heavy (non-hydrogen) atoms. The number of rotatable bonds is 10. The van der Waals surface area contributed by atoms with E-state index in [1.54, 1.807) is 4.80 Å². The van der Waals surface area contributed by atoms with Gasteiger partial charge in [0.05, 0.1) is 12.9 Å². The second-order valence-corrected chi connectivity index (χ2v) is 13.1. The van der Waals surface area contributed by atoms with E-state index in [0.717, 1.165) is 56.3 Å². The summed E-state index contributed by atoms with van der Waals surface area (Å²) in [6, 6.07) is 54.8. The van der Waals surface area contributed by atoms with Crippen LogP contribution in [0.2, 0.25) is 0 Å². The van der Waals surface area contributed by atoms with Crippen LogP contribution in [0, 0.1) is 0 Å². The molecule has 7 nitrogen and oxygen atoms in total. The molecule has 1 aromatic heterocycles. The van der Waals surface area contributed by atoms with Gasteiger partial charge in [0.1, 0.15) is 0 Å². The van der Waals surface area contributed by atoms with E-state index in [4.69, 9.17) is 19.6 Å². The van der Waals surface area contributed by atoms with E-state index in [9.17, 15) is 8.42 Å². The Morgan fingerprint density at radius 2 is 1.08 bits per heavy atom. The van der Waals surface area contributed by atoms with Gasteiger partial charge in [0.15, 0.2) is 5.54 Å². The Bertz CT molecular complexity index is 2140. The van der Waals surface area contributed by atoms with Crippen LogP contribution < -0.4 is 0 Å². The number of tetrazole rings is 1. The van der Waals surface area contributed by atoms with Crippen molar-refractivity contribution in [3.63, 3.8) is 0 Å². The van der Waals surface area contributed by atoms with Crippen molar-refractivity contribution in [2.75, 3.05) is 6.26 Å². The summed E-state index contributed by atoms with van der Waals surface area (Å²) in [5.41, 5.74) is 7.60. The minimum atomic E-state index is -3.56. The number of benzene rings is 6. The third-order valence-corrected chi connectivity index (χ3v) is 8.91. The van der Waals surface area contributed by atoms with Gasteiger partial charge in [-0.2, -0.15) is 8.42 Å². The van der Waals surface area contributed by atoms with Crippen molar-refractivity contribution in [1.82, 2.24) is 20.2 Å². The molecule has 0 saturated heterocycles. The average molecular weight is 649 g/mol. The van der Waals surface area contributed by atoms with Crippen molar-refractivity contribution in [2.24, 2.45) is 0 Å². The molecule has 7 aromatic rings. The Kier molecular flexibility index (Phi) is 8.50. The lowest BCUT2D eigenvalue weighted by molar-refractivity contribution is 0.311. The lowest BCUT2D eigenvalue weighted by Gasteiger charge is -2.34. The summed E-state index contributed by atoms with van der Waals surface area (Å²) in [6.07, 6.45) is 1.05. The van der Waals surface area contributed by atoms with Crippen LogP contribution in [0.1, 0.15) is 22.3 Å². The molecule has 0 aliphatic carbocycles. The quantitative estimate of drug-likeness (QED) is 0.110. The van der Waals surface area contributed by atoms with Crippen LogP contribution in [-0.2, 0) is 26.4 Å². The molecule has 0 unspecified atom stereocenters. The molecule has 0 radical (unpaired) electrons. The number of aromatic nitrogens is 4. The maximum absolute atomic E-state index is 11.6. The van der Waals surface area contributed by atoms with Crippen LogP contribution in [-0.4, -0.2) is 34.9 Å². The lowest BCUT2D eigenvalue weighted by atomic mass is 9.77. The largest absolute Gasteiger partial charge is 0.265 e. The molecular weight excluding hydrogens is 617 g/mol. The van der Waals surface area contributed by atoms with E-state index < -0.39 is 15.7 Å². The third kappa shape index (κ3) is 6.19. The van der Waals surface area contributed by atoms with Gasteiger partial charge < -0.3 is 0 Å². The Labute approximate surface area is 280 Å². The smallest absolute Gasteiger partial charge is 0.264 e. The molecular formula is C40H32N4O3S. The van der Waals surface area contributed by atoms with E-state index in [1.165, 1.54) is 0 Å². The Hall–Kier alpha value is -5.70. The topological polar surface area (TPSA) is 87.0 Å². The summed E-state index contributed by atoms with van der Waals surface area (Å²) < 4.78 is 28.2. The molecule has 8 heteroatoms. The summed E-state index contributed by atoms with van der Waals surface area (Å²) in [7, 11) is -3.56. The third-order valence-electron chi connectivity index (χ3n) is 8.36. The Balaban J connectivity index is 1.40. The van der Waals surface area contributed by atoms with Crippen molar-refractivity contribution >= 4 is 10.1 Å². The molecule has 0 N–H and O–H groups in total. The van der Waals surface area contributed by atoms with Crippen LogP contribution in [0.4, 0.5) is 0 Å². The zero-order valence-corrected chi connectivity index (χ0v) is 27.0. The Morgan fingerprint density at radius 1 is 0.583 bits per heavy atom. The van der Waals surface area contributed by atoms with E-state index >= 15 is 0 Å². The van der Waals surface area contributed by atoms with Gasteiger partial charge >= 0.3 is 0 Å². The molecule has 0 aliphatic rings. The minimum Gasteiger partial charge on any atom is -0.265 e. The molecule has 236 valence electrons. The second kappa shape index (κ2) is 13.2. The summed E-state index contributed by atoms with van der Waals surface area (Å²) >= 11 is 0. The molecule has 0 fully saturated rings. The monoisotopic (exact) mass is 648 g/mol. The van der Waals surface area contributed by atoms with Crippen LogP contribution in [0.15, 0.2) is 164 Å². The van der Waals surface area contributed by atoms with Gasteiger partial charge in [0, 0.05) is 5.56 Å². The van der Waals surface area contributed by atoms with E-state index in [2.05, 4.69) is 60.7 Å². The molecule has 0 aliphatic heterocycles. The first-order valence-corrected chi connectivity index (χ1v) is 17.3. The van der Waals surface area contributed by atoms with Gasteiger partial charge in [-0.1, -0.05) is 152 Å². The predicted molar refractivity (Wildman–Crippen MR) is 188 cm³/mol. The molecule has 6 aromatic carbocycles. The first kappa shape index (κ1) is 30.9. The first-order valence-electron chi connectivity index (χ1n) is 15.5. The van der Waals surface area contributed by atoms with E-state index in [-0.39, 0.29) is 6.61 Å². The normalized spacial score (nSPS) is 11.8. The summed E-state index contributed by atoms with van der Waals surface area (Å²) in [5.74, 6) is 0.473. The van der Waals surface area contributed by atoms with Gasteiger partial charge in [-0.15, -0.1) is 15.0 Å². The molecule has 0 bridgehead atoms. The Morgan fingerprint density at radius 3 is 1.60 bits per heavy atom. The summed E-state index contributed by atoms with van der Waals surface area (Å²) in [4.78, 5) is 1.73. The second-order valence-electron chi connectivity index (χ2n) is 11.5.